The van der Waals surface area contributed by atoms with Crippen molar-refractivity contribution in [2.75, 3.05) is 0 Å². The van der Waals surface area contributed by atoms with Crippen LogP contribution in [0.5, 0.6) is 0 Å². The summed E-state index contributed by atoms with van der Waals surface area (Å²) in [7, 11) is 0. The van der Waals surface area contributed by atoms with Gasteiger partial charge in [-0.05, 0) is 25.8 Å². The minimum Gasteiger partial charge on any atom is -0.451 e. The molecular weight excluding hydrogens is 269 g/mol. The number of alkyl halides is 3. The summed E-state index contributed by atoms with van der Waals surface area (Å²) in [4.78, 5) is 11.7. The van der Waals surface area contributed by atoms with E-state index in [0.717, 1.165) is 0 Å². The van der Waals surface area contributed by atoms with E-state index in [1.54, 1.807) is 30.3 Å². The Labute approximate surface area is 116 Å². The van der Waals surface area contributed by atoms with Gasteiger partial charge in [-0.1, -0.05) is 36.9 Å². The molecule has 1 unspecified atom stereocenters. The van der Waals surface area contributed by atoms with Crippen LogP contribution in [0, 0.1) is 0 Å². The van der Waals surface area contributed by atoms with E-state index in [2.05, 4.69) is 6.58 Å². The first-order valence-corrected chi connectivity index (χ1v) is 6.15. The number of esters is 1. The summed E-state index contributed by atoms with van der Waals surface area (Å²) in [6, 6.07) is 8.41. The van der Waals surface area contributed by atoms with Crippen LogP contribution < -0.4 is 0 Å². The fourth-order valence-corrected chi connectivity index (χ4v) is 1.72. The second-order valence-corrected chi connectivity index (χ2v) is 4.88. The van der Waals surface area contributed by atoms with Crippen molar-refractivity contribution in [2.24, 2.45) is 0 Å². The molecule has 5 heteroatoms. The lowest BCUT2D eigenvalue weighted by Gasteiger charge is -2.30. The highest BCUT2D eigenvalue weighted by molar-refractivity contribution is 5.87. The average Bonchev–Trinajstić information content (AvgIpc) is 2.36. The van der Waals surface area contributed by atoms with Crippen LogP contribution in [-0.2, 0) is 15.1 Å². The van der Waals surface area contributed by atoms with Crippen LogP contribution in [0.2, 0.25) is 0 Å². The van der Waals surface area contributed by atoms with Crippen molar-refractivity contribution in [3.8, 4) is 0 Å². The molecule has 0 aliphatic rings. The standard InChI is InChI=1S/C15H17F3O2/c1-11(2)13(19)20-14(3,9-10-15(16,17)18)12-7-5-4-6-8-12/h4-8H,1,9-10H2,2-3H3. The second kappa shape index (κ2) is 6.11. The molecule has 2 nitrogen and oxygen atoms in total. The molecule has 0 fully saturated rings. The maximum atomic E-state index is 12.4. The molecule has 0 aliphatic carbocycles. The van der Waals surface area contributed by atoms with E-state index in [9.17, 15) is 18.0 Å². The van der Waals surface area contributed by atoms with Crippen LogP contribution in [-0.4, -0.2) is 12.1 Å². The van der Waals surface area contributed by atoms with Crippen LogP contribution in [0.4, 0.5) is 13.2 Å². The Morgan fingerprint density at radius 2 is 1.75 bits per heavy atom. The molecule has 1 aromatic rings. The van der Waals surface area contributed by atoms with E-state index in [-0.39, 0.29) is 12.0 Å². The Morgan fingerprint density at radius 3 is 2.20 bits per heavy atom. The zero-order chi connectivity index (χ0) is 15.4. The molecular formula is C15H17F3O2. The number of carbonyl (C=O) groups is 1. The summed E-state index contributed by atoms with van der Waals surface area (Å²) in [6.45, 7) is 6.38. The summed E-state index contributed by atoms with van der Waals surface area (Å²) in [5.74, 6) is -0.696. The van der Waals surface area contributed by atoms with E-state index >= 15 is 0 Å². The van der Waals surface area contributed by atoms with Gasteiger partial charge in [-0.15, -0.1) is 0 Å². The van der Waals surface area contributed by atoms with E-state index in [1.807, 2.05) is 0 Å². The van der Waals surface area contributed by atoms with Crippen LogP contribution in [0.25, 0.3) is 0 Å². The second-order valence-electron chi connectivity index (χ2n) is 4.88. The molecule has 0 heterocycles. The number of halogens is 3. The molecule has 1 atom stereocenters. The molecule has 0 aromatic heterocycles. The maximum absolute atomic E-state index is 12.4. The smallest absolute Gasteiger partial charge is 0.389 e. The molecule has 0 aliphatic heterocycles. The van der Waals surface area contributed by atoms with Gasteiger partial charge in [-0.25, -0.2) is 4.79 Å². The lowest BCUT2D eigenvalue weighted by Crippen LogP contribution is -2.31. The van der Waals surface area contributed by atoms with Crippen LogP contribution >= 0.6 is 0 Å². The molecule has 110 valence electrons. The van der Waals surface area contributed by atoms with Gasteiger partial charge in [0.15, 0.2) is 0 Å². The molecule has 0 saturated heterocycles. The summed E-state index contributed by atoms with van der Waals surface area (Å²) < 4.78 is 42.6. The summed E-state index contributed by atoms with van der Waals surface area (Å²) in [5.41, 5.74) is -0.648. The van der Waals surface area contributed by atoms with Gasteiger partial charge in [0.1, 0.15) is 5.60 Å². The van der Waals surface area contributed by atoms with Gasteiger partial charge in [0.05, 0.1) is 0 Å². The normalized spacial score (nSPS) is 14.4. The molecule has 0 bridgehead atoms. The highest BCUT2D eigenvalue weighted by atomic mass is 19.4. The Morgan fingerprint density at radius 1 is 1.20 bits per heavy atom. The van der Waals surface area contributed by atoms with Gasteiger partial charge in [-0.3, -0.25) is 0 Å². The highest BCUT2D eigenvalue weighted by Gasteiger charge is 2.37. The van der Waals surface area contributed by atoms with Crippen molar-refractivity contribution in [3.05, 3.63) is 48.0 Å². The number of hydrogen-bond acceptors (Lipinski definition) is 2. The zero-order valence-electron chi connectivity index (χ0n) is 11.5. The van der Waals surface area contributed by atoms with Crippen molar-refractivity contribution >= 4 is 5.97 Å². The van der Waals surface area contributed by atoms with Gasteiger partial charge in [0.2, 0.25) is 0 Å². The Kier molecular flexibility index (Phi) is 4.98. The first-order valence-electron chi connectivity index (χ1n) is 6.15. The predicted octanol–water partition coefficient (Wildman–Crippen LogP) is 4.36. The third-order valence-corrected chi connectivity index (χ3v) is 2.94. The topological polar surface area (TPSA) is 26.3 Å². The van der Waals surface area contributed by atoms with Crippen molar-refractivity contribution in [2.45, 2.75) is 38.5 Å². The molecule has 0 N–H and O–H groups in total. The lowest BCUT2D eigenvalue weighted by atomic mass is 9.90. The number of benzene rings is 1. The summed E-state index contributed by atoms with van der Waals surface area (Å²) in [6.07, 6.45) is -5.66. The van der Waals surface area contributed by atoms with Crippen LogP contribution in [0.3, 0.4) is 0 Å². The third-order valence-electron chi connectivity index (χ3n) is 2.94. The SMILES string of the molecule is C=C(C)C(=O)OC(C)(CCC(F)(F)F)c1ccccc1. The van der Waals surface area contributed by atoms with Crippen molar-refractivity contribution in [1.29, 1.82) is 0 Å². The first kappa shape index (κ1) is 16.3. The average molecular weight is 286 g/mol. The van der Waals surface area contributed by atoms with Crippen molar-refractivity contribution < 1.29 is 22.7 Å². The van der Waals surface area contributed by atoms with Gasteiger partial charge in [0.25, 0.3) is 0 Å². The third kappa shape index (κ3) is 4.72. The fourth-order valence-electron chi connectivity index (χ4n) is 1.72. The highest BCUT2D eigenvalue weighted by Crippen LogP contribution is 2.35. The number of carbonyl (C=O) groups excluding carboxylic acids is 1. The largest absolute Gasteiger partial charge is 0.451 e. The minimum atomic E-state index is -4.30. The molecule has 0 amide bonds. The maximum Gasteiger partial charge on any atom is 0.389 e. The Balaban J connectivity index is 3.00. The van der Waals surface area contributed by atoms with Gasteiger partial charge in [0, 0.05) is 12.0 Å². The molecule has 1 rings (SSSR count). The van der Waals surface area contributed by atoms with Crippen molar-refractivity contribution in [3.63, 3.8) is 0 Å². The van der Waals surface area contributed by atoms with Crippen LogP contribution in [0.15, 0.2) is 42.5 Å². The Hall–Kier alpha value is -1.78. The predicted molar refractivity (Wildman–Crippen MR) is 70.0 cm³/mol. The monoisotopic (exact) mass is 286 g/mol. The molecule has 0 radical (unpaired) electrons. The van der Waals surface area contributed by atoms with Crippen molar-refractivity contribution in [1.82, 2.24) is 0 Å². The van der Waals surface area contributed by atoms with E-state index in [0.29, 0.717) is 5.56 Å². The quantitative estimate of drug-likeness (QED) is 0.593. The van der Waals surface area contributed by atoms with Crippen LogP contribution in [0.1, 0.15) is 32.3 Å². The number of hydrogen-bond donors (Lipinski definition) is 0. The minimum absolute atomic E-state index is 0.152. The van der Waals surface area contributed by atoms with E-state index in [1.165, 1.54) is 13.8 Å². The zero-order valence-corrected chi connectivity index (χ0v) is 11.5. The Bertz CT molecular complexity index is 480. The number of rotatable bonds is 5. The summed E-state index contributed by atoms with van der Waals surface area (Å²) in [5, 5.41) is 0. The fraction of sp³-hybridized carbons (Fsp3) is 0.400. The van der Waals surface area contributed by atoms with Gasteiger partial charge >= 0.3 is 12.1 Å². The van der Waals surface area contributed by atoms with E-state index < -0.39 is 24.2 Å². The van der Waals surface area contributed by atoms with E-state index in [4.69, 9.17) is 4.74 Å². The lowest BCUT2D eigenvalue weighted by molar-refractivity contribution is -0.167. The summed E-state index contributed by atoms with van der Waals surface area (Å²) >= 11 is 0. The molecule has 20 heavy (non-hydrogen) atoms. The first-order chi connectivity index (χ1) is 9.14. The van der Waals surface area contributed by atoms with Gasteiger partial charge < -0.3 is 4.74 Å². The number of ether oxygens (including phenoxy) is 1. The molecule has 1 aromatic carbocycles. The molecule has 0 spiro atoms. The molecule has 0 saturated carbocycles. The van der Waals surface area contributed by atoms with Gasteiger partial charge in [-0.2, -0.15) is 13.2 Å².